The SMILES string of the molecule is O=S1CCCCCS(=O)OC(CC(F)(F)F)O1. The molecule has 0 radical (unpaired) electrons. The van der Waals surface area contributed by atoms with Gasteiger partial charge in [-0.2, -0.15) is 13.2 Å². The molecule has 1 aliphatic heterocycles. The number of halogens is 3. The Bertz CT molecular complexity index is 275. The summed E-state index contributed by atoms with van der Waals surface area (Å²) < 4.78 is 68.2. The normalized spacial score (nSPS) is 33.2. The van der Waals surface area contributed by atoms with E-state index in [9.17, 15) is 21.6 Å². The lowest BCUT2D eigenvalue weighted by Crippen LogP contribution is -2.28. The van der Waals surface area contributed by atoms with Crippen molar-refractivity contribution in [2.75, 3.05) is 11.5 Å². The van der Waals surface area contributed by atoms with Crippen LogP contribution in [0.5, 0.6) is 0 Å². The van der Waals surface area contributed by atoms with Crippen molar-refractivity contribution in [3.05, 3.63) is 0 Å². The van der Waals surface area contributed by atoms with Crippen molar-refractivity contribution in [1.29, 1.82) is 0 Å². The van der Waals surface area contributed by atoms with E-state index in [4.69, 9.17) is 0 Å². The van der Waals surface area contributed by atoms with Crippen LogP contribution in [0, 0.1) is 0 Å². The Labute approximate surface area is 102 Å². The van der Waals surface area contributed by atoms with Crippen molar-refractivity contribution in [1.82, 2.24) is 0 Å². The van der Waals surface area contributed by atoms with Crippen molar-refractivity contribution >= 4 is 22.2 Å². The molecule has 0 aliphatic carbocycles. The zero-order valence-electron chi connectivity index (χ0n) is 8.90. The molecule has 102 valence electrons. The molecule has 0 spiro atoms. The van der Waals surface area contributed by atoms with E-state index >= 15 is 0 Å². The van der Waals surface area contributed by atoms with Crippen molar-refractivity contribution in [2.24, 2.45) is 0 Å². The summed E-state index contributed by atoms with van der Waals surface area (Å²) in [6.07, 6.45) is -5.83. The van der Waals surface area contributed by atoms with Gasteiger partial charge in [0, 0.05) is 11.5 Å². The summed E-state index contributed by atoms with van der Waals surface area (Å²) in [6.45, 7) is 0. The summed E-state index contributed by atoms with van der Waals surface area (Å²) in [5, 5.41) is 0. The summed E-state index contributed by atoms with van der Waals surface area (Å²) in [7, 11) is 0. The maximum Gasteiger partial charge on any atom is 0.394 e. The second-order valence-electron chi connectivity index (χ2n) is 3.52. The molecule has 4 nitrogen and oxygen atoms in total. The summed E-state index contributed by atoms with van der Waals surface area (Å²) >= 11 is -3.65. The maximum absolute atomic E-state index is 12.2. The molecule has 1 fully saturated rings. The van der Waals surface area contributed by atoms with E-state index in [0.717, 1.165) is 0 Å². The van der Waals surface area contributed by atoms with Gasteiger partial charge in [0.25, 0.3) is 0 Å². The average Bonchev–Trinajstić information content (AvgIpc) is 2.13. The van der Waals surface area contributed by atoms with Gasteiger partial charge < -0.3 is 0 Å². The molecule has 0 bridgehead atoms. The monoisotopic (exact) mass is 294 g/mol. The molecule has 1 rings (SSSR count). The van der Waals surface area contributed by atoms with E-state index in [0.29, 0.717) is 19.3 Å². The predicted octanol–water partition coefficient (Wildman–Crippen LogP) is 1.81. The first-order chi connectivity index (χ1) is 7.87. The molecule has 0 aromatic heterocycles. The number of alkyl halides is 3. The van der Waals surface area contributed by atoms with Gasteiger partial charge in [0.05, 0.1) is 6.42 Å². The third kappa shape index (κ3) is 7.12. The minimum absolute atomic E-state index is 0.171. The Morgan fingerprint density at radius 1 is 1.00 bits per heavy atom. The second-order valence-corrected chi connectivity index (χ2v) is 5.93. The van der Waals surface area contributed by atoms with E-state index in [1.54, 1.807) is 0 Å². The highest BCUT2D eigenvalue weighted by Gasteiger charge is 2.35. The molecule has 0 saturated carbocycles. The molecule has 1 heterocycles. The fraction of sp³-hybridized carbons (Fsp3) is 1.00. The van der Waals surface area contributed by atoms with Gasteiger partial charge >= 0.3 is 6.18 Å². The van der Waals surface area contributed by atoms with Gasteiger partial charge in [-0.3, -0.25) is 8.37 Å². The fourth-order valence-electron chi connectivity index (χ4n) is 1.23. The zero-order chi connectivity index (χ0) is 12.9. The molecule has 0 N–H and O–H groups in total. The Kier molecular flexibility index (Phi) is 6.04. The molecule has 0 aromatic carbocycles. The van der Waals surface area contributed by atoms with Crippen molar-refractivity contribution in [2.45, 2.75) is 38.1 Å². The van der Waals surface area contributed by atoms with Crippen LogP contribution < -0.4 is 0 Å². The standard InChI is InChI=1S/C8H13F3O4S2/c9-8(10,11)6-7-14-16(12)4-2-1-3-5-17(13)15-7/h7H,1-6H2. The third-order valence-electron chi connectivity index (χ3n) is 1.95. The molecule has 0 aromatic rings. The first kappa shape index (κ1) is 15.1. The molecule has 1 saturated heterocycles. The van der Waals surface area contributed by atoms with Gasteiger partial charge in [-0.1, -0.05) is 6.42 Å². The second kappa shape index (κ2) is 6.81. The highest BCUT2D eigenvalue weighted by Crippen LogP contribution is 2.25. The largest absolute Gasteiger partial charge is 0.394 e. The lowest BCUT2D eigenvalue weighted by molar-refractivity contribution is -0.172. The van der Waals surface area contributed by atoms with E-state index in [2.05, 4.69) is 8.37 Å². The van der Waals surface area contributed by atoms with Crippen LogP contribution >= 0.6 is 0 Å². The zero-order valence-corrected chi connectivity index (χ0v) is 10.5. The highest BCUT2D eigenvalue weighted by atomic mass is 32.2. The summed E-state index contributed by atoms with van der Waals surface area (Å²) in [5.74, 6) is 0.342. The van der Waals surface area contributed by atoms with E-state index in [1.807, 2.05) is 0 Å². The van der Waals surface area contributed by atoms with E-state index < -0.39 is 41.0 Å². The van der Waals surface area contributed by atoms with Crippen LogP contribution in [0.15, 0.2) is 0 Å². The Hall–Kier alpha value is 0.01000. The third-order valence-corrected chi connectivity index (χ3v) is 4.05. The molecule has 0 amide bonds. The Balaban J connectivity index is 2.61. The van der Waals surface area contributed by atoms with Crippen molar-refractivity contribution in [3.63, 3.8) is 0 Å². The minimum atomic E-state index is -4.51. The van der Waals surface area contributed by atoms with Gasteiger partial charge in [0.2, 0.25) is 0 Å². The van der Waals surface area contributed by atoms with Crippen LogP contribution in [0.4, 0.5) is 13.2 Å². The Morgan fingerprint density at radius 2 is 1.47 bits per heavy atom. The first-order valence-corrected chi connectivity index (χ1v) is 7.53. The molecule has 9 heteroatoms. The lowest BCUT2D eigenvalue weighted by atomic mass is 10.3. The average molecular weight is 294 g/mol. The number of hydrogen-bond donors (Lipinski definition) is 0. The highest BCUT2D eigenvalue weighted by molar-refractivity contribution is 7.80. The van der Waals surface area contributed by atoms with Crippen molar-refractivity contribution in [3.8, 4) is 0 Å². The fourth-order valence-corrected chi connectivity index (χ4v) is 3.04. The molecular weight excluding hydrogens is 281 g/mol. The van der Waals surface area contributed by atoms with Crippen LogP contribution in [-0.2, 0) is 30.5 Å². The summed E-state index contributed by atoms with van der Waals surface area (Å²) in [6, 6.07) is 0. The van der Waals surface area contributed by atoms with E-state index in [-0.39, 0.29) is 11.5 Å². The molecular formula is C8H13F3O4S2. The molecule has 2 atom stereocenters. The maximum atomic E-state index is 12.2. The number of rotatable bonds is 1. The summed E-state index contributed by atoms with van der Waals surface area (Å²) in [4.78, 5) is 0. The van der Waals surface area contributed by atoms with Gasteiger partial charge in [0.1, 0.15) is 0 Å². The van der Waals surface area contributed by atoms with Crippen LogP contribution in [0.2, 0.25) is 0 Å². The van der Waals surface area contributed by atoms with Crippen LogP contribution in [0.3, 0.4) is 0 Å². The van der Waals surface area contributed by atoms with Gasteiger partial charge in [-0.15, -0.1) is 0 Å². The van der Waals surface area contributed by atoms with Gasteiger partial charge in [0.15, 0.2) is 28.5 Å². The minimum Gasteiger partial charge on any atom is -0.257 e. The van der Waals surface area contributed by atoms with Gasteiger partial charge in [-0.05, 0) is 12.8 Å². The lowest BCUT2D eigenvalue weighted by Gasteiger charge is -2.19. The topological polar surface area (TPSA) is 52.6 Å². The van der Waals surface area contributed by atoms with Gasteiger partial charge in [-0.25, -0.2) is 8.42 Å². The Morgan fingerprint density at radius 3 is 1.88 bits per heavy atom. The molecule has 17 heavy (non-hydrogen) atoms. The number of hydrogen-bond acceptors (Lipinski definition) is 4. The van der Waals surface area contributed by atoms with Crippen LogP contribution in [-0.4, -0.2) is 32.4 Å². The predicted molar refractivity (Wildman–Crippen MR) is 56.5 cm³/mol. The van der Waals surface area contributed by atoms with Crippen molar-refractivity contribution < 1.29 is 30.0 Å². The van der Waals surface area contributed by atoms with Crippen LogP contribution in [0.1, 0.15) is 25.7 Å². The van der Waals surface area contributed by atoms with Crippen LogP contribution in [0.25, 0.3) is 0 Å². The summed E-state index contributed by atoms with van der Waals surface area (Å²) in [5.41, 5.74) is 0. The van der Waals surface area contributed by atoms with E-state index in [1.165, 1.54) is 0 Å². The first-order valence-electron chi connectivity index (χ1n) is 5.04. The quantitative estimate of drug-likeness (QED) is 0.740. The molecule has 2 unspecified atom stereocenters. The smallest absolute Gasteiger partial charge is 0.257 e. The molecule has 1 aliphatic rings.